The van der Waals surface area contributed by atoms with Gasteiger partial charge in [0, 0.05) is 12.0 Å². The topological polar surface area (TPSA) is 77.3 Å². The molecule has 0 aliphatic heterocycles. The van der Waals surface area contributed by atoms with Crippen molar-refractivity contribution in [1.82, 2.24) is 15.5 Å². The molecule has 3 rings (SSSR count). The molecule has 2 aromatic carbocycles. The molecule has 0 bridgehead atoms. The number of carbonyl (C=O) groups is 1. The van der Waals surface area contributed by atoms with Crippen LogP contribution in [0, 0.1) is 5.82 Å². The van der Waals surface area contributed by atoms with Crippen LogP contribution in [0.2, 0.25) is 0 Å². The number of benzene rings is 2. The smallest absolute Gasteiger partial charge is 0.247 e. The summed E-state index contributed by atoms with van der Waals surface area (Å²) in [5.74, 6) is 1.04. The number of methoxy groups -OCH3 is 1. The van der Waals surface area contributed by atoms with E-state index in [0.717, 1.165) is 11.1 Å². The molecule has 140 valence electrons. The minimum atomic E-state index is -0.260. The predicted octanol–water partition coefficient (Wildman–Crippen LogP) is 3.52. The summed E-state index contributed by atoms with van der Waals surface area (Å²) in [4.78, 5) is 11.9. The van der Waals surface area contributed by atoms with Crippen molar-refractivity contribution in [2.45, 2.75) is 25.8 Å². The van der Waals surface area contributed by atoms with E-state index in [0.29, 0.717) is 36.8 Å². The Morgan fingerprint density at radius 3 is 2.78 bits per heavy atom. The number of amides is 1. The van der Waals surface area contributed by atoms with Crippen LogP contribution in [0.1, 0.15) is 24.3 Å². The summed E-state index contributed by atoms with van der Waals surface area (Å²) in [6, 6.07) is 13.6. The van der Waals surface area contributed by atoms with Gasteiger partial charge in [-0.1, -0.05) is 18.2 Å². The Labute approximate surface area is 156 Å². The fraction of sp³-hybridized carbons (Fsp3) is 0.250. The van der Waals surface area contributed by atoms with Crippen molar-refractivity contribution in [2.75, 3.05) is 7.11 Å². The summed E-state index contributed by atoms with van der Waals surface area (Å²) in [6.45, 7) is 0.173. The molecule has 27 heavy (non-hydrogen) atoms. The number of hydrogen-bond donors (Lipinski definition) is 1. The standard InChI is InChI=1S/C20H20FN3O3/c1-26-17-6-3-5-15(12-17)20-24-23-19(27-20)13-22-18(25)7-2-4-14-8-10-16(21)11-9-14/h3,5-6,8-12H,2,4,7,13H2,1H3,(H,22,25). The van der Waals surface area contributed by atoms with Crippen LogP contribution in [0.5, 0.6) is 5.75 Å². The molecule has 1 N–H and O–H groups in total. The van der Waals surface area contributed by atoms with Crippen LogP contribution >= 0.6 is 0 Å². The quantitative estimate of drug-likeness (QED) is 0.657. The molecule has 0 saturated heterocycles. The first-order valence-electron chi connectivity index (χ1n) is 8.62. The number of rotatable bonds is 8. The number of aromatic nitrogens is 2. The zero-order valence-electron chi connectivity index (χ0n) is 14.9. The third-order valence-corrected chi connectivity index (χ3v) is 4.00. The van der Waals surface area contributed by atoms with E-state index in [1.807, 2.05) is 18.2 Å². The largest absolute Gasteiger partial charge is 0.497 e. The number of nitrogens with one attached hydrogen (secondary N) is 1. The molecule has 0 spiro atoms. The van der Waals surface area contributed by atoms with E-state index in [4.69, 9.17) is 9.15 Å². The number of ether oxygens (including phenoxy) is 1. The third kappa shape index (κ3) is 5.37. The van der Waals surface area contributed by atoms with Crippen LogP contribution in [0.25, 0.3) is 11.5 Å². The van der Waals surface area contributed by atoms with Gasteiger partial charge >= 0.3 is 0 Å². The van der Waals surface area contributed by atoms with E-state index in [2.05, 4.69) is 15.5 Å². The summed E-state index contributed by atoms with van der Waals surface area (Å²) >= 11 is 0. The van der Waals surface area contributed by atoms with Crippen molar-refractivity contribution >= 4 is 5.91 Å². The number of carbonyl (C=O) groups excluding carboxylic acids is 1. The van der Waals surface area contributed by atoms with Crippen LogP contribution in [-0.2, 0) is 17.8 Å². The Balaban J connectivity index is 1.45. The SMILES string of the molecule is COc1cccc(-c2nnc(CNC(=O)CCCc3ccc(F)cc3)o2)c1. The van der Waals surface area contributed by atoms with E-state index >= 15 is 0 Å². The van der Waals surface area contributed by atoms with E-state index < -0.39 is 0 Å². The maximum Gasteiger partial charge on any atom is 0.247 e. The molecule has 1 amide bonds. The zero-order valence-corrected chi connectivity index (χ0v) is 14.9. The highest BCUT2D eigenvalue weighted by Crippen LogP contribution is 2.22. The molecule has 0 saturated carbocycles. The van der Waals surface area contributed by atoms with Crippen LogP contribution < -0.4 is 10.1 Å². The van der Waals surface area contributed by atoms with Gasteiger partial charge in [-0.15, -0.1) is 10.2 Å². The zero-order chi connectivity index (χ0) is 19.1. The van der Waals surface area contributed by atoms with E-state index in [-0.39, 0.29) is 18.3 Å². The Morgan fingerprint density at radius 1 is 1.19 bits per heavy atom. The number of hydrogen-bond acceptors (Lipinski definition) is 5. The molecule has 6 nitrogen and oxygen atoms in total. The lowest BCUT2D eigenvalue weighted by Gasteiger charge is -2.03. The van der Waals surface area contributed by atoms with Crippen molar-refractivity contribution in [2.24, 2.45) is 0 Å². The fourth-order valence-corrected chi connectivity index (χ4v) is 2.56. The highest BCUT2D eigenvalue weighted by Gasteiger charge is 2.10. The first kappa shape index (κ1) is 18.6. The minimum Gasteiger partial charge on any atom is -0.497 e. The monoisotopic (exact) mass is 369 g/mol. The molecule has 0 unspecified atom stereocenters. The van der Waals surface area contributed by atoms with Gasteiger partial charge in [0.25, 0.3) is 0 Å². The average Bonchev–Trinajstić information content (AvgIpc) is 3.17. The summed E-state index contributed by atoms with van der Waals surface area (Å²) in [6.07, 6.45) is 1.76. The Hall–Kier alpha value is -3.22. The average molecular weight is 369 g/mol. The van der Waals surface area contributed by atoms with Gasteiger partial charge in [-0.05, 0) is 48.7 Å². The second-order valence-electron chi connectivity index (χ2n) is 5.99. The molecule has 0 radical (unpaired) electrons. The van der Waals surface area contributed by atoms with Gasteiger partial charge < -0.3 is 14.5 Å². The number of halogens is 1. The molecule has 0 aliphatic rings. The summed E-state index contributed by atoms with van der Waals surface area (Å²) in [5, 5.41) is 10.7. The molecule has 3 aromatic rings. The maximum atomic E-state index is 12.9. The third-order valence-electron chi connectivity index (χ3n) is 4.00. The van der Waals surface area contributed by atoms with Crippen LogP contribution in [0.4, 0.5) is 4.39 Å². The van der Waals surface area contributed by atoms with Gasteiger partial charge in [-0.3, -0.25) is 4.79 Å². The van der Waals surface area contributed by atoms with Gasteiger partial charge in [0.15, 0.2) is 0 Å². The van der Waals surface area contributed by atoms with Crippen molar-refractivity contribution in [3.8, 4) is 17.2 Å². The predicted molar refractivity (Wildman–Crippen MR) is 97.5 cm³/mol. The maximum absolute atomic E-state index is 12.9. The Bertz CT molecular complexity index is 893. The molecule has 1 aromatic heterocycles. The molecular weight excluding hydrogens is 349 g/mol. The minimum absolute atomic E-state index is 0.0988. The van der Waals surface area contributed by atoms with Crippen molar-refractivity contribution in [3.63, 3.8) is 0 Å². The normalized spacial score (nSPS) is 10.6. The van der Waals surface area contributed by atoms with Crippen molar-refractivity contribution < 1.29 is 18.3 Å². The first-order chi connectivity index (χ1) is 13.1. The lowest BCUT2D eigenvalue weighted by Crippen LogP contribution is -2.22. The molecule has 0 aliphatic carbocycles. The van der Waals surface area contributed by atoms with Gasteiger partial charge in [0.1, 0.15) is 11.6 Å². The second-order valence-corrected chi connectivity index (χ2v) is 5.99. The van der Waals surface area contributed by atoms with Gasteiger partial charge in [0.05, 0.1) is 13.7 Å². The fourth-order valence-electron chi connectivity index (χ4n) is 2.56. The molecule has 1 heterocycles. The highest BCUT2D eigenvalue weighted by atomic mass is 19.1. The van der Waals surface area contributed by atoms with Gasteiger partial charge in [-0.2, -0.15) is 0 Å². The summed E-state index contributed by atoms with van der Waals surface area (Å²) < 4.78 is 23.6. The van der Waals surface area contributed by atoms with Gasteiger partial charge in [0.2, 0.25) is 17.7 Å². The van der Waals surface area contributed by atoms with Crippen molar-refractivity contribution in [1.29, 1.82) is 0 Å². The van der Waals surface area contributed by atoms with Crippen molar-refractivity contribution in [3.05, 3.63) is 65.8 Å². The molecule has 0 fully saturated rings. The highest BCUT2D eigenvalue weighted by molar-refractivity contribution is 5.75. The van der Waals surface area contributed by atoms with Gasteiger partial charge in [-0.25, -0.2) is 4.39 Å². The second kappa shape index (κ2) is 8.93. The van der Waals surface area contributed by atoms with Crippen LogP contribution in [0.15, 0.2) is 52.9 Å². The van der Waals surface area contributed by atoms with Crippen LogP contribution in [0.3, 0.4) is 0 Å². The van der Waals surface area contributed by atoms with E-state index in [9.17, 15) is 9.18 Å². The van der Waals surface area contributed by atoms with E-state index in [1.54, 1.807) is 25.3 Å². The molecule has 0 atom stereocenters. The number of nitrogens with zero attached hydrogens (tertiary/aromatic N) is 2. The summed E-state index contributed by atoms with van der Waals surface area (Å²) in [7, 11) is 1.59. The lowest BCUT2D eigenvalue weighted by atomic mass is 10.1. The number of aryl methyl sites for hydroxylation is 1. The molecular formula is C20H20FN3O3. The Morgan fingerprint density at radius 2 is 2.00 bits per heavy atom. The van der Waals surface area contributed by atoms with Crippen LogP contribution in [-0.4, -0.2) is 23.2 Å². The lowest BCUT2D eigenvalue weighted by molar-refractivity contribution is -0.121. The Kier molecular flexibility index (Phi) is 6.14. The van der Waals surface area contributed by atoms with E-state index in [1.165, 1.54) is 12.1 Å². The molecule has 7 heteroatoms. The summed E-state index contributed by atoms with van der Waals surface area (Å²) in [5.41, 5.74) is 1.75. The first-order valence-corrected chi connectivity index (χ1v) is 8.62.